The molecule has 1 atom stereocenters. The van der Waals surface area contributed by atoms with Crippen molar-refractivity contribution in [3.63, 3.8) is 0 Å². The monoisotopic (exact) mass is 483 g/mol. The highest BCUT2D eigenvalue weighted by atomic mass is 32.2. The highest BCUT2D eigenvalue weighted by Crippen LogP contribution is 2.45. The van der Waals surface area contributed by atoms with Crippen molar-refractivity contribution < 1.29 is 40.2 Å². The van der Waals surface area contributed by atoms with E-state index in [-0.39, 0.29) is 11.4 Å². The molecule has 4 rings (SSSR count). The highest BCUT2D eigenvalue weighted by Gasteiger charge is 2.41. The molecule has 0 bridgehead atoms. The van der Waals surface area contributed by atoms with Gasteiger partial charge in [0, 0.05) is 18.2 Å². The molecular formula is C22H20F3NO6S. The lowest BCUT2D eigenvalue weighted by molar-refractivity contribution is -0.274. The van der Waals surface area contributed by atoms with Gasteiger partial charge in [-0.3, -0.25) is 0 Å². The van der Waals surface area contributed by atoms with Gasteiger partial charge in [-0.05, 0) is 54.4 Å². The van der Waals surface area contributed by atoms with Crippen molar-refractivity contribution in [2.45, 2.75) is 23.7 Å². The fraction of sp³-hybridized carbons (Fsp3) is 0.273. The molecule has 0 fully saturated rings. The Bertz CT molecular complexity index is 1210. The minimum atomic E-state index is -4.88. The molecule has 0 saturated carbocycles. The molecular weight excluding hydrogens is 463 g/mol. The van der Waals surface area contributed by atoms with Crippen LogP contribution < -0.4 is 14.2 Å². The summed E-state index contributed by atoms with van der Waals surface area (Å²) in [6, 6.07) is 10.0. The SMILES string of the molecule is COc1cc2c(c(OC)c1)C(c1ccco1)N(S(=O)(=O)c1ccc(OC(F)(F)F)cc1)CC2. The van der Waals surface area contributed by atoms with Crippen molar-refractivity contribution in [3.05, 3.63) is 71.7 Å². The van der Waals surface area contributed by atoms with Crippen LogP contribution in [0.25, 0.3) is 0 Å². The fourth-order valence-electron chi connectivity index (χ4n) is 3.90. The van der Waals surface area contributed by atoms with Gasteiger partial charge in [-0.1, -0.05) is 0 Å². The third kappa shape index (κ3) is 4.51. The largest absolute Gasteiger partial charge is 0.573 e. The van der Waals surface area contributed by atoms with Gasteiger partial charge in [0.05, 0.1) is 25.4 Å². The summed E-state index contributed by atoms with van der Waals surface area (Å²) in [5, 5.41) is 0. The molecule has 0 amide bonds. The number of benzene rings is 2. The second kappa shape index (κ2) is 8.64. The van der Waals surface area contributed by atoms with Crippen LogP contribution in [0.4, 0.5) is 13.2 Å². The Balaban J connectivity index is 1.79. The summed E-state index contributed by atoms with van der Waals surface area (Å²) in [7, 11) is -1.13. The number of nitrogens with zero attached hydrogens (tertiary/aromatic N) is 1. The van der Waals surface area contributed by atoms with E-state index in [4.69, 9.17) is 13.9 Å². The summed E-state index contributed by atoms with van der Waals surface area (Å²) in [6.45, 7) is 0.109. The van der Waals surface area contributed by atoms with E-state index in [1.54, 1.807) is 18.2 Å². The van der Waals surface area contributed by atoms with E-state index in [0.29, 0.717) is 29.2 Å². The number of alkyl halides is 3. The third-order valence-electron chi connectivity index (χ3n) is 5.30. The first-order valence-electron chi connectivity index (χ1n) is 9.80. The Kier molecular flexibility index (Phi) is 6.02. The highest BCUT2D eigenvalue weighted by molar-refractivity contribution is 7.89. The molecule has 1 aromatic heterocycles. The number of furan rings is 1. The van der Waals surface area contributed by atoms with Crippen molar-refractivity contribution >= 4 is 10.0 Å². The second-order valence-electron chi connectivity index (χ2n) is 7.21. The summed E-state index contributed by atoms with van der Waals surface area (Å²) < 4.78 is 86.1. The molecule has 0 N–H and O–H groups in total. The van der Waals surface area contributed by atoms with Crippen LogP contribution in [0.5, 0.6) is 17.2 Å². The Morgan fingerprint density at radius 1 is 1.03 bits per heavy atom. The zero-order valence-electron chi connectivity index (χ0n) is 17.6. The molecule has 1 unspecified atom stereocenters. The predicted molar refractivity (Wildman–Crippen MR) is 111 cm³/mol. The molecule has 3 aromatic rings. The summed E-state index contributed by atoms with van der Waals surface area (Å²) in [6.07, 6.45) is -3.07. The minimum Gasteiger partial charge on any atom is -0.497 e. The average molecular weight is 483 g/mol. The van der Waals surface area contributed by atoms with Gasteiger partial charge in [-0.25, -0.2) is 8.42 Å². The van der Waals surface area contributed by atoms with E-state index in [0.717, 1.165) is 29.8 Å². The molecule has 1 aliphatic rings. The van der Waals surface area contributed by atoms with Gasteiger partial charge in [-0.15, -0.1) is 13.2 Å². The number of methoxy groups -OCH3 is 2. The van der Waals surface area contributed by atoms with Crippen LogP contribution in [0.15, 0.2) is 64.1 Å². The van der Waals surface area contributed by atoms with Crippen LogP contribution in [0, 0.1) is 0 Å². The van der Waals surface area contributed by atoms with E-state index < -0.39 is 28.2 Å². The first kappa shape index (κ1) is 23.0. The molecule has 0 radical (unpaired) electrons. The Labute approximate surface area is 188 Å². The lowest BCUT2D eigenvalue weighted by Gasteiger charge is -2.36. The van der Waals surface area contributed by atoms with Crippen LogP contribution in [0.3, 0.4) is 0 Å². The quantitative estimate of drug-likeness (QED) is 0.513. The fourth-order valence-corrected chi connectivity index (χ4v) is 5.47. The molecule has 2 heterocycles. The number of hydrogen-bond acceptors (Lipinski definition) is 6. The molecule has 7 nitrogen and oxygen atoms in total. The number of hydrogen-bond donors (Lipinski definition) is 0. The van der Waals surface area contributed by atoms with Gasteiger partial charge in [0.15, 0.2) is 0 Å². The first-order chi connectivity index (χ1) is 15.6. The van der Waals surface area contributed by atoms with Crippen LogP contribution in [0.1, 0.15) is 22.9 Å². The molecule has 33 heavy (non-hydrogen) atoms. The van der Waals surface area contributed by atoms with Gasteiger partial charge in [0.25, 0.3) is 0 Å². The normalized spacial score (nSPS) is 16.8. The zero-order chi connectivity index (χ0) is 23.8. The molecule has 2 aromatic carbocycles. The topological polar surface area (TPSA) is 78.2 Å². The molecule has 0 aliphatic carbocycles. The van der Waals surface area contributed by atoms with Gasteiger partial charge in [0.1, 0.15) is 29.1 Å². The van der Waals surface area contributed by atoms with Gasteiger partial charge >= 0.3 is 6.36 Å². The summed E-state index contributed by atoms with van der Waals surface area (Å²) in [5.41, 5.74) is 1.45. The van der Waals surface area contributed by atoms with Crippen molar-refractivity contribution in [1.29, 1.82) is 0 Å². The number of rotatable bonds is 6. The maximum atomic E-state index is 13.6. The number of sulfonamides is 1. The summed E-state index contributed by atoms with van der Waals surface area (Å²) >= 11 is 0. The Morgan fingerprint density at radius 3 is 2.33 bits per heavy atom. The molecule has 0 saturated heterocycles. The van der Waals surface area contributed by atoms with E-state index in [2.05, 4.69) is 4.74 Å². The zero-order valence-corrected chi connectivity index (χ0v) is 18.4. The minimum absolute atomic E-state index is 0.109. The van der Waals surface area contributed by atoms with Gasteiger partial charge in [-0.2, -0.15) is 4.31 Å². The molecule has 176 valence electrons. The number of fused-ring (bicyclic) bond motifs is 1. The summed E-state index contributed by atoms with van der Waals surface area (Å²) in [5.74, 6) is 0.863. The lowest BCUT2D eigenvalue weighted by Crippen LogP contribution is -2.40. The van der Waals surface area contributed by atoms with E-state index in [9.17, 15) is 21.6 Å². The molecule has 0 spiro atoms. The second-order valence-corrected chi connectivity index (χ2v) is 9.10. The first-order valence-corrected chi connectivity index (χ1v) is 11.2. The van der Waals surface area contributed by atoms with Gasteiger partial charge < -0.3 is 18.6 Å². The van der Waals surface area contributed by atoms with Crippen molar-refractivity contribution in [2.75, 3.05) is 20.8 Å². The maximum absolute atomic E-state index is 13.6. The Hall–Kier alpha value is -3.18. The van der Waals surface area contributed by atoms with Crippen molar-refractivity contribution in [1.82, 2.24) is 4.31 Å². The number of halogens is 3. The van der Waals surface area contributed by atoms with Crippen molar-refractivity contribution in [3.8, 4) is 17.2 Å². The van der Waals surface area contributed by atoms with Gasteiger partial charge in [0.2, 0.25) is 10.0 Å². The summed E-state index contributed by atoms with van der Waals surface area (Å²) in [4.78, 5) is -0.176. The van der Waals surface area contributed by atoms with Crippen LogP contribution in [-0.2, 0) is 16.4 Å². The number of ether oxygens (including phenoxy) is 3. The van der Waals surface area contributed by atoms with E-state index in [1.807, 2.05) is 6.07 Å². The van der Waals surface area contributed by atoms with Crippen LogP contribution >= 0.6 is 0 Å². The maximum Gasteiger partial charge on any atom is 0.573 e. The third-order valence-corrected chi connectivity index (χ3v) is 7.18. The van der Waals surface area contributed by atoms with E-state index >= 15 is 0 Å². The molecule has 11 heteroatoms. The smallest absolute Gasteiger partial charge is 0.497 e. The predicted octanol–water partition coefficient (Wildman–Crippen LogP) is 4.53. The van der Waals surface area contributed by atoms with Crippen LogP contribution in [-0.4, -0.2) is 39.8 Å². The lowest BCUT2D eigenvalue weighted by atomic mass is 9.91. The Morgan fingerprint density at radius 2 is 1.76 bits per heavy atom. The molecule has 1 aliphatic heterocycles. The van der Waals surface area contributed by atoms with Crippen molar-refractivity contribution in [2.24, 2.45) is 0 Å². The van der Waals surface area contributed by atoms with E-state index in [1.165, 1.54) is 24.8 Å². The standard InChI is InChI=1S/C22H20F3NO6S/c1-29-16-12-14-9-10-26(21(18-4-3-11-31-18)20(14)19(13-16)30-2)33(27,28)17-7-5-15(6-8-17)32-22(23,24)25/h3-8,11-13,21H,9-10H2,1-2H3. The van der Waals surface area contributed by atoms with Crippen LogP contribution in [0.2, 0.25) is 0 Å². The average Bonchev–Trinajstić information content (AvgIpc) is 3.31.